The summed E-state index contributed by atoms with van der Waals surface area (Å²) in [6.45, 7) is 6.34. The monoisotopic (exact) mass is 491 g/mol. The summed E-state index contributed by atoms with van der Waals surface area (Å²) in [4.78, 5) is 20.2. The fourth-order valence-corrected chi connectivity index (χ4v) is 6.05. The van der Waals surface area contributed by atoms with Crippen LogP contribution < -0.4 is 10.2 Å². The van der Waals surface area contributed by atoms with Crippen LogP contribution in [0.1, 0.15) is 87.4 Å². The number of alkyl halides is 2. The molecule has 0 radical (unpaired) electrons. The molecule has 34 heavy (non-hydrogen) atoms. The summed E-state index contributed by atoms with van der Waals surface area (Å²) in [6.07, 6.45) is 7.60. The van der Waals surface area contributed by atoms with Gasteiger partial charge in [0.25, 0.3) is 12.3 Å². The van der Waals surface area contributed by atoms with Gasteiger partial charge in [0, 0.05) is 19.3 Å². The molecule has 3 aromatic rings. The second-order valence-corrected chi connectivity index (χ2v) is 10.7. The Morgan fingerprint density at radius 1 is 1.12 bits per heavy atom. The zero-order valence-corrected chi connectivity index (χ0v) is 20.4. The lowest BCUT2D eigenvalue weighted by molar-refractivity contribution is 0.101. The molecular weight excluding hydrogens is 460 g/mol. The third-order valence-corrected chi connectivity index (χ3v) is 8.19. The SMILES string of the molecule is CC(C)C1CCC(n2cc(NC(=O)c3cnc4sc(N5CCCCC5)nn34)c(C(F)F)n2)CC1. The van der Waals surface area contributed by atoms with Gasteiger partial charge in [-0.15, -0.1) is 5.10 Å². The summed E-state index contributed by atoms with van der Waals surface area (Å²) in [5.41, 5.74) is -0.125. The van der Waals surface area contributed by atoms with Crippen LogP contribution in [0.5, 0.6) is 0 Å². The van der Waals surface area contributed by atoms with E-state index in [1.165, 1.54) is 28.5 Å². The highest BCUT2D eigenvalue weighted by atomic mass is 32.1. The first-order valence-electron chi connectivity index (χ1n) is 12.2. The minimum absolute atomic E-state index is 0.0485. The molecule has 184 valence electrons. The van der Waals surface area contributed by atoms with Crippen LogP contribution in [-0.2, 0) is 0 Å². The van der Waals surface area contributed by atoms with E-state index in [4.69, 9.17) is 0 Å². The van der Waals surface area contributed by atoms with Crippen molar-refractivity contribution >= 4 is 33.0 Å². The van der Waals surface area contributed by atoms with Gasteiger partial charge in [-0.3, -0.25) is 9.48 Å². The van der Waals surface area contributed by atoms with Crippen molar-refractivity contribution in [1.82, 2.24) is 24.4 Å². The zero-order chi connectivity index (χ0) is 23.8. The lowest BCUT2D eigenvalue weighted by atomic mass is 9.80. The molecule has 11 heteroatoms. The molecule has 0 unspecified atom stereocenters. The number of imidazole rings is 1. The number of carbonyl (C=O) groups excluding carboxylic acids is 1. The largest absolute Gasteiger partial charge is 0.347 e. The van der Waals surface area contributed by atoms with E-state index >= 15 is 0 Å². The van der Waals surface area contributed by atoms with Crippen LogP contribution in [0.4, 0.5) is 19.6 Å². The average molecular weight is 492 g/mol. The second kappa shape index (κ2) is 9.59. The number of nitrogens with zero attached hydrogens (tertiary/aromatic N) is 6. The number of hydrogen-bond acceptors (Lipinski definition) is 6. The van der Waals surface area contributed by atoms with Gasteiger partial charge in [0.05, 0.1) is 17.9 Å². The van der Waals surface area contributed by atoms with E-state index < -0.39 is 18.0 Å². The Morgan fingerprint density at radius 3 is 2.53 bits per heavy atom. The van der Waals surface area contributed by atoms with Gasteiger partial charge in [-0.05, 0) is 56.8 Å². The highest BCUT2D eigenvalue weighted by Gasteiger charge is 2.28. The molecule has 2 fully saturated rings. The summed E-state index contributed by atoms with van der Waals surface area (Å²) < 4.78 is 30.7. The van der Waals surface area contributed by atoms with E-state index in [0.29, 0.717) is 16.8 Å². The van der Waals surface area contributed by atoms with E-state index in [2.05, 4.69) is 39.2 Å². The predicted octanol–water partition coefficient (Wildman–Crippen LogP) is 5.55. The van der Waals surface area contributed by atoms with Gasteiger partial charge in [-0.1, -0.05) is 25.2 Å². The fourth-order valence-electron chi connectivity index (χ4n) is 5.12. The van der Waals surface area contributed by atoms with Crippen molar-refractivity contribution in [2.75, 3.05) is 23.3 Å². The summed E-state index contributed by atoms with van der Waals surface area (Å²) >= 11 is 1.43. The van der Waals surface area contributed by atoms with Crippen LogP contribution in [0, 0.1) is 11.8 Å². The number of rotatable bonds is 6. The van der Waals surface area contributed by atoms with Crippen LogP contribution in [0.2, 0.25) is 0 Å². The molecule has 0 spiro atoms. The minimum atomic E-state index is -2.78. The van der Waals surface area contributed by atoms with E-state index in [-0.39, 0.29) is 17.4 Å². The lowest BCUT2D eigenvalue weighted by Crippen LogP contribution is -2.29. The number of carbonyl (C=O) groups is 1. The maximum absolute atomic E-state index is 13.8. The zero-order valence-electron chi connectivity index (χ0n) is 19.6. The van der Waals surface area contributed by atoms with Crippen molar-refractivity contribution < 1.29 is 13.6 Å². The molecule has 1 N–H and O–H groups in total. The van der Waals surface area contributed by atoms with Crippen LogP contribution in [0.15, 0.2) is 12.4 Å². The Morgan fingerprint density at radius 2 is 1.85 bits per heavy atom. The predicted molar refractivity (Wildman–Crippen MR) is 128 cm³/mol. The highest BCUT2D eigenvalue weighted by molar-refractivity contribution is 7.20. The highest BCUT2D eigenvalue weighted by Crippen LogP contribution is 2.37. The summed E-state index contributed by atoms with van der Waals surface area (Å²) in [5.74, 6) is 0.768. The molecule has 2 aliphatic rings. The van der Waals surface area contributed by atoms with Crippen LogP contribution in [0.25, 0.3) is 4.96 Å². The van der Waals surface area contributed by atoms with Gasteiger partial charge < -0.3 is 10.2 Å². The van der Waals surface area contributed by atoms with Gasteiger partial charge in [-0.25, -0.2) is 13.8 Å². The van der Waals surface area contributed by atoms with Gasteiger partial charge in [-0.2, -0.15) is 9.61 Å². The molecule has 4 heterocycles. The molecule has 1 aliphatic carbocycles. The maximum Gasteiger partial charge on any atom is 0.284 e. The molecule has 1 saturated carbocycles. The molecule has 1 amide bonds. The number of piperidine rings is 1. The van der Waals surface area contributed by atoms with E-state index in [0.717, 1.165) is 56.7 Å². The molecule has 3 aromatic heterocycles. The third-order valence-electron chi connectivity index (χ3n) is 7.21. The first kappa shape index (κ1) is 23.2. The average Bonchev–Trinajstić information content (AvgIpc) is 3.54. The molecule has 0 bridgehead atoms. The van der Waals surface area contributed by atoms with Crippen molar-refractivity contribution in [3.8, 4) is 0 Å². The van der Waals surface area contributed by atoms with Gasteiger partial charge in [0.1, 0.15) is 0 Å². The summed E-state index contributed by atoms with van der Waals surface area (Å²) in [5, 5.41) is 12.2. The Kier molecular flexibility index (Phi) is 6.54. The molecule has 5 rings (SSSR count). The Labute approximate surface area is 201 Å². The first-order chi connectivity index (χ1) is 16.4. The number of aromatic nitrogens is 5. The standard InChI is InChI=1S/C23H31F2N7OS/c1-14(2)15-6-8-16(9-7-15)31-13-17(19(28-31)20(24)25)27-21(33)18-12-26-22-32(18)29-23(34-22)30-10-4-3-5-11-30/h12-16,20H,3-11H2,1-2H3,(H,27,33). The van der Waals surface area contributed by atoms with E-state index in [9.17, 15) is 13.6 Å². The molecule has 8 nitrogen and oxygen atoms in total. The molecule has 0 atom stereocenters. The van der Waals surface area contributed by atoms with Crippen LogP contribution in [0.3, 0.4) is 0 Å². The van der Waals surface area contributed by atoms with Crippen molar-refractivity contribution in [1.29, 1.82) is 0 Å². The molecular formula is C23H31F2N7OS. The van der Waals surface area contributed by atoms with Gasteiger partial charge >= 0.3 is 0 Å². The van der Waals surface area contributed by atoms with Crippen LogP contribution in [-0.4, -0.2) is 43.4 Å². The number of halogens is 2. The normalized spacial score (nSPS) is 21.6. The second-order valence-electron chi connectivity index (χ2n) is 9.75. The summed E-state index contributed by atoms with van der Waals surface area (Å²) in [7, 11) is 0. The number of hydrogen-bond donors (Lipinski definition) is 1. The van der Waals surface area contributed by atoms with Crippen molar-refractivity contribution in [3.05, 3.63) is 23.8 Å². The molecule has 1 saturated heterocycles. The maximum atomic E-state index is 13.8. The molecule has 1 aliphatic heterocycles. The number of nitrogens with one attached hydrogen (secondary N) is 1. The third kappa shape index (κ3) is 4.54. The van der Waals surface area contributed by atoms with Crippen LogP contribution >= 0.6 is 11.3 Å². The smallest absolute Gasteiger partial charge is 0.284 e. The van der Waals surface area contributed by atoms with Crippen molar-refractivity contribution in [2.45, 2.75) is 71.3 Å². The fraction of sp³-hybridized carbons (Fsp3) is 0.652. The Bertz CT molecular complexity index is 1140. The number of amides is 1. The topological polar surface area (TPSA) is 80.4 Å². The van der Waals surface area contributed by atoms with Crippen molar-refractivity contribution in [2.24, 2.45) is 11.8 Å². The Hall–Kier alpha value is -2.56. The lowest BCUT2D eigenvalue weighted by Gasteiger charge is -2.30. The number of fused-ring (bicyclic) bond motifs is 1. The van der Waals surface area contributed by atoms with Gasteiger partial charge in [0.2, 0.25) is 10.1 Å². The Balaban J connectivity index is 1.34. The first-order valence-corrected chi connectivity index (χ1v) is 13.0. The van der Waals surface area contributed by atoms with Gasteiger partial charge in [0.15, 0.2) is 11.4 Å². The quantitative estimate of drug-likeness (QED) is 0.489. The van der Waals surface area contributed by atoms with E-state index in [1.807, 2.05) is 0 Å². The molecule has 0 aromatic carbocycles. The van der Waals surface area contributed by atoms with Crippen molar-refractivity contribution in [3.63, 3.8) is 0 Å². The van der Waals surface area contributed by atoms with E-state index in [1.54, 1.807) is 10.9 Å². The number of anilines is 2. The minimum Gasteiger partial charge on any atom is -0.347 e. The summed E-state index contributed by atoms with van der Waals surface area (Å²) in [6, 6.07) is 0.0745.